The second-order valence-electron chi connectivity index (χ2n) is 7.23. The van der Waals surface area contributed by atoms with Crippen molar-refractivity contribution in [1.29, 1.82) is 0 Å². The fourth-order valence-electron chi connectivity index (χ4n) is 4.07. The number of carbonyl (C=O) groups excluding carboxylic acids is 1. The second kappa shape index (κ2) is 7.64. The molecule has 2 saturated heterocycles. The molecule has 2 fully saturated rings. The number of hydrogen-bond donors (Lipinski definition) is 1. The van der Waals surface area contributed by atoms with E-state index in [0.717, 1.165) is 44.8 Å². The zero-order valence-electron chi connectivity index (χ0n) is 14.8. The van der Waals surface area contributed by atoms with Crippen molar-refractivity contribution >= 4 is 5.91 Å². The zero-order valence-corrected chi connectivity index (χ0v) is 14.8. The Balaban J connectivity index is 1.52. The number of amides is 1. The van der Waals surface area contributed by atoms with Crippen LogP contribution in [0.3, 0.4) is 0 Å². The molecule has 1 amide bonds. The second-order valence-corrected chi connectivity index (χ2v) is 7.23. The molecule has 0 radical (unpaired) electrons. The SMILES string of the molecule is CC(=O)N1CCN([C@@H]2CN(C[C@H](O)c3ccccc3)C[C@H]2C)CC1. The maximum absolute atomic E-state index is 11.5. The molecule has 0 aliphatic carbocycles. The fraction of sp³-hybridized carbons (Fsp3) is 0.632. The quantitative estimate of drug-likeness (QED) is 0.901. The van der Waals surface area contributed by atoms with Crippen LogP contribution < -0.4 is 0 Å². The van der Waals surface area contributed by atoms with E-state index in [2.05, 4.69) is 16.7 Å². The molecule has 5 nitrogen and oxygen atoms in total. The Hall–Kier alpha value is -1.43. The number of β-amino-alcohol motifs (C(OH)–C–C–N with tert-alkyl or cyclic N) is 1. The van der Waals surface area contributed by atoms with Crippen LogP contribution in [0.5, 0.6) is 0 Å². The van der Waals surface area contributed by atoms with Crippen LogP contribution in [0.1, 0.15) is 25.5 Å². The molecule has 2 heterocycles. The molecule has 1 aromatic rings. The molecule has 0 spiro atoms. The van der Waals surface area contributed by atoms with Crippen LogP contribution in [0.15, 0.2) is 30.3 Å². The molecule has 132 valence electrons. The summed E-state index contributed by atoms with van der Waals surface area (Å²) < 4.78 is 0. The molecule has 2 aliphatic rings. The van der Waals surface area contributed by atoms with E-state index in [1.807, 2.05) is 35.2 Å². The van der Waals surface area contributed by atoms with E-state index in [4.69, 9.17) is 0 Å². The minimum Gasteiger partial charge on any atom is -0.387 e. The number of aliphatic hydroxyl groups is 1. The molecule has 0 unspecified atom stereocenters. The Labute approximate surface area is 144 Å². The van der Waals surface area contributed by atoms with Gasteiger partial charge in [-0.2, -0.15) is 0 Å². The van der Waals surface area contributed by atoms with Gasteiger partial charge < -0.3 is 10.0 Å². The van der Waals surface area contributed by atoms with Gasteiger partial charge in [0, 0.05) is 58.8 Å². The first-order valence-electron chi connectivity index (χ1n) is 8.99. The van der Waals surface area contributed by atoms with Gasteiger partial charge in [-0.05, 0) is 11.5 Å². The van der Waals surface area contributed by atoms with Crippen molar-refractivity contribution in [1.82, 2.24) is 14.7 Å². The average Bonchev–Trinajstić information content (AvgIpc) is 2.96. The highest BCUT2D eigenvalue weighted by Crippen LogP contribution is 2.25. The van der Waals surface area contributed by atoms with E-state index in [-0.39, 0.29) is 5.91 Å². The topological polar surface area (TPSA) is 47.0 Å². The van der Waals surface area contributed by atoms with E-state index in [1.165, 1.54) is 0 Å². The Morgan fingerprint density at radius 3 is 2.46 bits per heavy atom. The molecule has 0 bridgehead atoms. The van der Waals surface area contributed by atoms with Crippen LogP contribution in [0.25, 0.3) is 0 Å². The molecule has 3 rings (SSSR count). The normalized spacial score (nSPS) is 27.4. The maximum atomic E-state index is 11.5. The molecular formula is C19H29N3O2. The molecular weight excluding hydrogens is 302 g/mol. The lowest BCUT2D eigenvalue weighted by molar-refractivity contribution is -0.130. The number of benzene rings is 1. The van der Waals surface area contributed by atoms with Gasteiger partial charge in [-0.1, -0.05) is 37.3 Å². The monoisotopic (exact) mass is 331 g/mol. The smallest absolute Gasteiger partial charge is 0.219 e. The van der Waals surface area contributed by atoms with E-state index >= 15 is 0 Å². The van der Waals surface area contributed by atoms with Crippen LogP contribution in [0.2, 0.25) is 0 Å². The summed E-state index contributed by atoms with van der Waals surface area (Å²) in [4.78, 5) is 18.3. The van der Waals surface area contributed by atoms with E-state index in [1.54, 1.807) is 6.92 Å². The number of rotatable bonds is 4. The number of aliphatic hydroxyl groups excluding tert-OH is 1. The lowest BCUT2D eigenvalue weighted by Gasteiger charge is -2.39. The minimum absolute atomic E-state index is 0.182. The summed E-state index contributed by atoms with van der Waals surface area (Å²) in [7, 11) is 0. The first-order chi connectivity index (χ1) is 11.5. The zero-order chi connectivity index (χ0) is 17.1. The van der Waals surface area contributed by atoms with Gasteiger partial charge in [-0.15, -0.1) is 0 Å². The Morgan fingerprint density at radius 2 is 1.83 bits per heavy atom. The van der Waals surface area contributed by atoms with Gasteiger partial charge in [0.15, 0.2) is 0 Å². The van der Waals surface area contributed by atoms with E-state index in [0.29, 0.717) is 18.5 Å². The van der Waals surface area contributed by atoms with Gasteiger partial charge in [0.05, 0.1) is 6.10 Å². The molecule has 2 aliphatic heterocycles. The summed E-state index contributed by atoms with van der Waals surface area (Å²) in [5, 5.41) is 10.5. The Bertz CT molecular complexity index is 543. The highest BCUT2D eigenvalue weighted by molar-refractivity contribution is 5.73. The van der Waals surface area contributed by atoms with Crippen molar-refractivity contribution in [3.8, 4) is 0 Å². The minimum atomic E-state index is -0.424. The Morgan fingerprint density at radius 1 is 1.17 bits per heavy atom. The average molecular weight is 331 g/mol. The van der Waals surface area contributed by atoms with Gasteiger partial charge in [0.1, 0.15) is 0 Å². The predicted molar refractivity (Wildman–Crippen MR) is 94.6 cm³/mol. The maximum Gasteiger partial charge on any atom is 0.219 e. The summed E-state index contributed by atoms with van der Waals surface area (Å²) in [5.74, 6) is 0.776. The van der Waals surface area contributed by atoms with Crippen LogP contribution in [-0.2, 0) is 4.79 Å². The summed E-state index contributed by atoms with van der Waals surface area (Å²) in [6, 6.07) is 10.4. The van der Waals surface area contributed by atoms with Crippen molar-refractivity contribution < 1.29 is 9.90 Å². The highest BCUT2D eigenvalue weighted by atomic mass is 16.3. The summed E-state index contributed by atoms with van der Waals surface area (Å²) in [6.07, 6.45) is -0.424. The molecule has 3 atom stereocenters. The highest BCUT2D eigenvalue weighted by Gasteiger charge is 2.36. The van der Waals surface area contributed by atoms with Crippen molar-refractivity contribution in [2.24, 2.45) is 5.92 Å². The van der Waals surface area contributed by atoms with Crippen LogP contribution in [-0.4, -0.2) is 77.6 Å². The molecule has 1 aromatic carbocycles. The van der Waals surface area contributed by atoms with Crippen molar-refractivity contribution in [3.63, 3.8) is 0 Å². The molecule has 0 saturated carbocycles. The third-order valence-corrected chi connectivity index (χ3v) is 5.49. The summed E-state index contributed by atoms with van der Waals surface area (Å²) in [6.45, 7) is 10.3. The van der Waals surface area contributed by atoms with Crippen molar-refractivity contribution in [2.75, 3.05) is 45.8 Å². The predicted octanol–water partition coefficient (Wildman–Crippen LogP) is 1.20. The third-order valence-electron chi connectivity index (χ3n) is 5.49. The van der Waals surface area contributed by atoms with Crippen molar-refractivity contribution in [3.05, 3.63) is 35.9 Å². The number of carbonyl (C=O) groups is 1. The lowest BCUT2D eigenvalue weighted by Crippen LogP contribution is -2.53. The van der Waals surface area contributed by atoms with Gasteiger partial charge in [0.2, 0.25) is 5.91 Å². The fourth-order valence-corrected chi connectivity index (χ4v) is 4.07. The Kier molecular flexibility index (Phi) is 5.54. The third kappa shape index (κ3) is 3.97. The van der Waals surface area contributed by atoms with Gasteiger partial charge in [0.25, 0.3) is 0 Å². The van der Waals surface area contributed by atoms with Crippen molar-refractivity contribution in [2.45, 2.75) is 26.0 Å². The number of hydrogen-bond acceptors (Lipinski definition) is 4. The van der Waals surface area contributed by atoms with Crippen LogP contribution in [0, 0.1) is 5.92 Å². The summed E-state index contributed by atoms with van der Waals surface area (Å²) >= 11 is 0. The van der Waals surface area contributed by atoms with Crippen LogP contribution in [0.4, 0.5) is 0 Å². The lowest BCUT2D eigenvalue weighted by atomic mass is 10.0. The van der Waals surface area contributed by atoms with E-state index in [9.17, 15) is 9.90 Å². The largest absolute Gasteiger partial charge is 0.387 e. The molecule has 24 heavy (non-hydrogen) atoms. The first-order valence-corrected chi connectivity index (χ1v) is 8.99. The van der Waals surface area contributed by atoms with Crippen LogP contribution >= 0.6 is 0 Å². The molecule has 5 heteroatoms. The first kappa shape index (κ1) is 17.4. The number of nitrogens with zero attached hydrogens (tertiary/aromatic N) is 3. The van der Waals surface area contributed by atoms with Gasteiger partial charge in [-0.3, -0.25) is 14.6 Å². The molecule has 1 N–H and O–H groups in total. The molecule has 0 aromatic heterocycles. The van der Waals surface area contributed by atoms with Gasteiger partial charge >= 0.3 is 0 Å². The number of piperazine rings is 1. The van der Waals surface area contributed by atoms with Gasteiger partial charge in [-0.25, -0.2) is 0 Å². The number of likely N-dealkylation sites (tertiary alicyclic amines) is 1. The summed E-state index contributed by atoms with van der Waals surface area (Å²) in [5.41, 5.74) is 0.990. The van der Waals surface area contributed by atoms with E-state index < -0.39 is 6.10 Å². The standard InChI is InChI=1S/C19H29N3O2/c1-15-12-20(14-19(24)17-6-4-3-5-7-17)13-18(15)22-10-8-21(9-11-22)16(2)23/h3-7,15,18-19,24H,8-14H2,1-2H3/t15-,18-,19+/m1/s1.